The van der Waals surface area contributed by atoms with E-state index in [1.807, 2.05) is 6.07 Å². The molecular weight excluding hydrogens is 1040 g/mol. The van der Waals surface area contributed by atoms with Crippen LogP contribution in [-0.2, 0) is 0 Å². The predicted molar refractivity (Wildman–Crippen MR) is 287 cm³/mol. The first kappa shape index (κ1) is 50.0. The van der Waals surface area contributed by atoms with Gasteiger partial charge in [0.15, 0.2) is 8.92 Å². The van der Waals surface area contributed by atoms with Gasteiger partial charge in [0, 0.05) is 91.9 Å². The van der Waals surface area contributed by atoms with Crippen LogP contribution in [0.2, 0.25) is 5.02 Å². The Balaban J connectivity index is 0.000000136. The highest BCUT2D eigenvalue weighted by Gasteiger charge is 2.29. The van der Waals surface area contributed by atoms with Crippen LogP contribution in [0.1, 0.15) is 64.2 Å². The van der Waals surface area contributed by atoms with E-state index in [2.05, 4.69) is 65.9 Å². The number of hydrogen-bond donors (Lipinski definition) is 0. The van der Waals surface area contributed by atoms with Crippen LogP contribution in [0.3, 0.4) is 0 Å². The van der Waals surface area contributed by atoms with Gasteiger partial charge in [-0.3, -0.25) is 18.4 Å². The molecule has 0 unspecified atom stereocenters. The Morgan fingerprint density at radius 1 is 0.528 bits per heavy atom. The maximum Gasteiger partial charge on any atom is 0.257 e. The molecule has 4 aliphatic rings. The molecule has 0 atom stereocenters. The van der Waals surface area contributed by atoms with E-state index in [-0.39, 0.29) is 22.8 Å². The molecule has 72 heavy (non-hydrogen) atoms. The normalized spacial score (nSPS) is 17.4. The van der Waals surface area contributed by atoms with Crippen molar-refractivity contribution >= 4 is 71.8 Å². The van der Waals surface area contributed by atoms with E-state index in [0.717, 1.165) is 86.5 Å². The second-order valence-electron chi connectivity index (χ2n) is 18.5. The molecule has 12 rings (SSSR count). The quantitative estimate of drug-likeness (QED) is 0.150. The second kappa shape index (κ2) is 23.1. The van der Waals surface area contributed by atoms with Crippen molar-refractivity contribution in [1.82, 2.24) is 49.0 Å². The summed E-state index contributed by atoms with van der Waals surface area (Å²) in [6.45, 7) is 9.32. The van der Waals surface area contributed by atoms with E-state index in [1.165, 1.54) is 141 Å². The zero-order chi connectivity index (χ0) is 49.6. The van der Waals surface area contributed by atoms with E-state index in [1.54, 1.807) is 59.2 Å². The Hall–Kier alpha value is -5.57. The summed E-state index contributed by atoms with van der Waals surface area (Å²) in [5, 5.41) is 20.4. The first-order chi connectivity index (χ1) is 35.1. The fourth-order valence-electron chi connectivity index (χ4n) is 10.2. The lowest BCUT2D eigenvalue weighted by molar-refractivity contribution is 0.141. The molecule has 0 radical (unpaired) electrons. The molecule has 4 fully saturated rings. The van der Waals surface area contributed by atoms with Crippen molar-refractivity contribution in [3.05, 3.63) is 139 Å². The molecule has 0 spiro atoms. The Kier molecular flexibility index (Phi) is 16.0. The Bertz CT molecular complexity index is 3220. The van der Waals surface area contributed by atoms with E-state index >= 15 is 0 Å². The van der Waals surface area contributed by atoms with E-state index in [4.69, 9.17) is 11.6 Å². The number of nitrogens with zero attached hydrogens (tertiary/aromatic N) is 12. The number of piperidine rings is 4. The lowest BCUT2D eigenvalue weighted by Gasteiger charge is -2.40. The first-order valence-corrected chi connectivity index (χ1v) is 27.4. The molecule has 6 aromatic heterocycles. The van der Waals surface area contributed by atoms with E-state index < -0.39 is 0 Å². The number of pyridine rings is 2. The molecule has 0 saturated carbocycles. The molecule has 0 aliphatic carbocycles. The predicted octanol–water partition coefficient (Wildman–Crippen LogP) is 10.4. The van der Waals surface area contributed by atoms with Gasteiger partial charge >= 0.3 is 0 Å². The standard InChI is InChI=1S/C26H27FN6OS.C14H8ClFN2O.C12H19BrN4S/c27-20-6-4-18(5-7-20)22-16-19(17-33-23(34)8-11-28-24(22)33)25-29-30-26(35-25)32-14-9-21(10-15-32)31-12-2-1-3-13-31;15-10-7-12(9-1-3-11(16)4-2-9)14-17-6-5-13(19)18(14)8-10;13-11-14-15-12(18-11)17-8-4-10(5-9-17)16-6-2-1-3-7-16/h4-8,11,16-17,21H,1-3,9-10,12-15H2;1-8H;10H,1-9H2. The molecular formula is C52H54BrClF2N12O2S2. The number of aromatic nitrogens is 8. The summed E-state index contributed by atoms with van der Waals surface area (Å²) in [7, 11) is 0. The third-order valence-electron chi connectivity index (χ3n) is 14.0. The van der Waals surface area contributed by atoms with Crippen molar-refractivity contribution in [3.63, 3.8) is 0 Å². The SMILES string of the molecule is Brc1nnc(N2CCC(N3CCCCC3)CC2)s1.O=c1ccnc2c(-c3ccc(F)cc3)cc(-c3nnc(N4CCC(N5CCCCC5)CC4)s3)cn12.O=c1ccnc2c(-c3ccc(F)cc3)cc(Cl)cn12. The largest absolute Gasteiger partial charge is 0.347 e. The van der Waals surface area contributed by atoms with Crippen LogP contribution in [0.25, 0.3) is 44.1 Å². The van der Waals surface area contributed by atoms with Gasteiger partial charge in [-0.2, -0.15) is 0 Å². The monoisotopic (exact) mass is 1090 g/mol. The molecule has 4 saturated heterocycles. The van der Waals surface area contributed by atoms with Gasteiger partial charge in [-0.15, -0.1) is 20.4 Å². The van der Waals surface area contributed by atoms with Gasteiger partial charge < -0.3 is 19.6 Å². The summed E-state index contributed by atoms with van der Waals surface area (Å²) in [6, 6.07) is 20.1. The van der Waals surface area contributed by atoms with Gasteiger partial charge in [0.05, 0.1) is 5.02 Å². The maximum atomic E-state index is 13.5. The number of fused-ring (bicyclic) bond motifs is 2. The number of likely N-dealkylation sites (tertiary alicyclic amines) is 2. The molecule has 0 N–H and O–H groups in total. The average Bonchev–Trinajstić information content (AvgIpc) is 4.10. The van der Waals surface area contributed by atoms with Crippen LogP contribution >= 0.6 is 50.2 Å². The third kappa shape index (κ3) is 11.8. The van der Waals surface area contributed by atoms with Crippen molar-refractivity contribution in [1.29, 1.82) is 0 Å². The minimum absolute atomic E-state index is 0.176. The van der Waals surface area contributed by atoms with Crippen LogP contribution in [0.4, 0.5) is 19.0 Å². The van der Waals surface area contributed by atoms with Crippen LogP contribution in [0.15, 0.2) is 111 Å². The van der Waals surface area contributed by atoms with Gasteiger partial charge in [0.25, 0.3) is 11.1 Å². The maximum absolute atomic E-state index is 13.5. The summed E-state index contributed by atoms with van der Waals surface area (Å²) in [5.41, 5.74) is 4.39. The molecule has 10 heterocycles. The Morgan fingerprint density at radius 2 is 0.986 bits per heavy atom. The van der Waals surface area contributed by atoms with Crippen molar-refractivity contribution in [3.8, 4) is 32.8 Å². The van der Waals surface area contributed by atoms with E-state index in [9.17, 15) is 18.4 Å². The molecule has 0 bridgehead atoms. The van der Waals surface area contributed by atoms with Crippen molar-refractivity contribution in [2.45, 2.75) is 76.3 Å². The highest BCUT2D eigenvalue weighted by Crippen LogP contribution is 2.35. The van der Waals surface area contributed by atoms with Gasteiger partial charge in [0.2, 0.25) is 10.3 Å². The average molecular weight is 1100 g/mol. The summed E-state index contributed by atoms with van der Waals surface area (Å²) in [5.74, 6) is -0.627. The summed E-state index contributed by atoms with van der Waals surface area (Å²) >= 11 is 12.6. The molecule has 14 nitrogen and oxygen atoms in total. The molecule has 4 aliphatic heterocycles. The topological polar surface area (TPSA) is 133 Å². The summed E-state index contributed by atoms with van der Waals surface area (Å²) < 4.78 is 30.3. The second-order valence-corrected chi connectivity index (χ2v) is 22.2. The number of hydrogen-bond acceptors (Lipinski definition) is 14. The lowest BCUT2D eigenvalue weighted by atomic mass is 10.0. The lowest BCUT2D eigenvalue weighted by Crippen LogP contribution is -2.46. The van der Waals surface area contributed by atoms with Crippen molar-refractivity contribution in [2.75, 3.05) is 62.2 Å². The van der Waals surface area contributed by atoms with Crippen molar-refractivity contribution in [2.24, 2.45) is 0 Å². The smallest absolute Gasteiger partial charge is 0.257 e. The fraction of sp³-hybridized carbons (Fsp3) is 0.385. The number of halogens is 4. The number of anilines is 2. The molecule has 374 valence electrons. The molecule has 2 aromatic carbocycles. The minimum atomic E-state index is -0.319. The first-order valence-electron chi connectivity index (χ1n) is 24.6. The number of benzene rings is 2. The number of rotatable bonds is 7. The van der Waals surface area contributed by atoms with Crippen LogP contribution in [0.5, 0.6) is 0 Å². The Labute approximate surface area is 437 Å². The third-order valence-corrected chi connectivity index (χ3v) is 16.6. The zero-order valence-electron chi connectivity index (χ0n) is 39.6. The van der Waals surface area contributed by atoms with Gasteiger partial charge in [-0.05, 0) is 141 Å². The minimum Gasteiger partial charge on any atom is -0.347 e. The molecule has 8 aromatic rings. The van der Waals surface area contributed by atoms with Gasteiger partial charge in [-0.1, -0.05) is 71.4 Å². The van der Waals surface area contributed by atoms with Crippen LogP contribution in [0, 0.1) is 11.6 Å². The van der Waals surface area contributed by atoms with Crippen molar-refractivity contribution < 1.29 is 8.78 Å². The highest BCUT2D eigenvalue weighted by molar-refractivity contribution is 9.11. The fourth-order valence-corrected chi connectivity index (χ4v) is 12.5. The van der Waals surface area contributed by atoms with E-state index in [0.29, 0.717) is 27.9 Å². The van der Waals surface area contributed by atoms with Gasteiger partial charge in [0.1, 0.15) is 22.9 Å². The molecule has 20 heteroatoms. The summed E-state index contributed by atoms with van der Waals surface area (Å²) in [6.07, 6.45) is 19.3. The van der Waals surface area contributed by atoms with Crippen LogP contribution in [-0.4, -0.2) is 113 Å². The highest BCUT2D eigenvalue weighted by atomic mass is 79.9. The zero-order valence-corrected chi connectivity index (χ0v) is 43.6. The van der Waals surface area contributed by atoms with Crippen LogP contribution < -0.4 is 20.9 Å². The van der Waals surface area contributed by atoms with Gasteiger partial charge in [-0.25, -0.2) is 18.7 Å². The Morgan fingerprint density at radius 3 is 1.47 bits per heavy atom. The summed E-state index contributed by atoms with van der Waals surface area (Å²) in [4.78, 5) is 43.1. The molecule has 0 amide bonds.